The Kier molecular flexibility index (Phi) is 4.29. The molecule has 4 heteroatoms. The number of H-pyrrole nitrogens is 1. The molecular weight excluding hydrogens is 292 g/mol. The number of thiophene rings is 1. The SMILES string of the molecule is CCN(CC)C(=O)Cc1c(-c2cccs2)[nH]c2ccccc12. The van der Waals surface area contributed by atoms with Crippen LogP contribution < -0.4 is 0 Å². The summed E-state index contributed by atoms with van der Waals surface area (Å²) in [6.45, 7) is 5.56. The molecule has 0 spiro atoms. The van der Waals surface area contributed by atoms with Gasteiger partial charge in [0.2, 0.25) is 5.91 Å². The van der Waals surface area contributed by atoms with Crippen molar-refractivity contribution in [1.82, 2.24) is 9.88 Å². The zero-order valence-corrected chi connectivity index (χ0v) is 13.7. The Hall–Kier alpha value is -2.07. The average Bonchev–Trinajstić information content (AvgIpc) is 3.16. The number of hydrogen-bond donors (Lipinski definition) is 1. The summed E-state index contributed by atoms with van der Waals surface area (Å²) in [6.07, 6.45) is 0.443. The largest absolute Gasteiger partial charge is 0.354 e. The van der Waals surface area contributed by atoms with E-state index in [0.29, 0.717) is 6.42 Å². The molecule has 1 N–H and O–H groups in total. The maximum Gasteiger partial charge on any atom is 0.227 e. The number of nitrogens with one attached hydrogen (secondary N) is 1. The molecular formula is C18H20N2OS. The lowest BCUT2D eigenvalue weighted by Gasteiger charge is -2.18. The summed E-state index contributed by atoms with van der Waals surface area (Å²) < 4.78 is 0. The third kappa shape index (κ3) is 2.66. The highest BCUT2D eigenvalue weighted by atomic mass is 32.1. The Bertz CT molecular complexity index is 770. The second kappa shape index (κ2) is 6.36. The van der Waals surface area contributed by atoms with Crippen LogP contribution in [0.2, 0.25) is 0 Å². The van der Waals surface area contributed by atoms with Gasteiger partial charge in [0.05, 0.1) is 17.0 Å². The van der Waals surface area contributed by atoms with E-state index < -0.39 is 0 Å². The molecule has 1 aromatic carbocycles. The van der Waals surface area contributed by atoms with E-state index in [4.69, 9.17) is 0 Å². The second-order valence-electron chi connectivity index (χ2n) is 5.24. The summed E-state index contributed by atoms with van der Waals surface area (Å²) >= 11 is 1.70. The first-order valence-electron chi connectivity index (χ1n) is 7.65. The van der Waals surface area contributed by atoms with Gasteiger partial charge in [-0.3, -0.25) is 4.79 Å². The molecule has 0 aliphatic carbocycles. The van der Waals surface area contributed by atoms with Crippen molar-refractivity contribution in [3.05, 3.63) is 47.3 Å². The summed E-state index contributed by atoms with van der Waals surface area (Å²) in [6, 6.07) is 12.3. The normalized spacial score (nSPS) is 11.0. The van der Waals surface area contributed by atoms with Crippen LogP contribution in [0.1, 0.15) is 19.4 Å². The standard InChI is InChI=1S/C18H20N2OS/c1-3-20(4-2)17(21)12-14-13-8-5-6-9-15(13)19-18(14)16-10-7-11-22-16/h5-11,19H,3-4,12H2,1-2H3. The van der Waals surface area contributed by atoms with Crippen molar-refractivity contribution in [2.45, 2.75) is 20.3 Å². The molecule has 0 saturated carbocycles. The van der Waals surface area contributed by atoms with Gasteiger partial charge in [-0.2, -0.15) is 0 Å². The van der Waals surface area contributed by atoms with Gasteiger partial charge in [-0.1, -0.05) is 24.3 Å². The molecule has 3 rings (SSSR count). The number of likely N-dealkylation sites (N-methyl/N-ethyl adjacent to an activating group) is 1. The van der Waals surface area contributed by atoms with Gasteiger partial charge in [0.15, 0.2) is 0 Å². The van der Waals surface area contributed by atoms with E-state index in [0.717, 1.165) is 35.2 Å². The van der Waals surface area contributed by atoms with Gasteiger partial charge >= 0.3 is 0 Å². The highest BCUT2D eigenvalue weighted by Gasteiger charge is 2.18. The smallest absolute Gasteiger partial charge is 0.227 e. The van der Waals surface area contributed by atoms with E-state index in [2.05, 4.69) is 28.6 Å². The number of benzene rings is 1. The monoisotopic (exact) mass is 312 g/mol. The van der Waals surface area contributed by atoms with E-state index in [-0.39, 0.29) is 5.91 Å². The fourth-order valence-electron chi connectivity index (χ4n) is 2.85. The summed E-state index contributed by atoms with van der Waals surface area (Å²) in [5.41, 5.74) is 3.28. The van der Waals surface area contributed by atoms with Crippen LogP contribution in [-0.2, 0) is 11.2 Å². The van der Waals surface area contributed by atoms with E-state index in [1.165, 1.54) is 4.88 Å². The quantitative estimate of drug-likeness (QED) is 0.749. The van der Waals surface area contributed by atoms with Gasteiger partial charge in [0.25, 0.3) is 0 Å². The predicted octanol–water partition coefficient (Wildman–Crippen LogP) is 4.31. The van der Waals surface area contributed by atoms with Crippen molar-refractivity contribution in [1.29, 1.82) is 0 Å². The predicted molar refractivity (Wildman–Crippen MR) is 93.2 cm³/mol. The molecule has 0 aliphatic heterocycles. The van der Waals surface area contributed by atoms with Crippen molar-refractivity contribution >= 4 is 28.1 Å². The maximum absolute atomic E-state index is 12.6. The highest BCUT2D eigenvalue weighted by Crippen LogP contribution is 2.33. The van der Waals surface area contributed by atoms with Gasteiger partial charge in [-0.05, 0) is 36.9 Å². The van der Waals surface area contributed by atoms with E-state index in [1.54, 1.807) is 11.3 Å². The first-order chi connectivity index (χ1) is 10.7. The molecule has 0 bridgehead atoms. The summed E-state index contributed by atoms with van der Waals surface area (Å²) in [5, 5.41) is 3.21. The van der Waals surface area contributed by atoms with Gasteiger partial charge in [-0.25, -0.2) is 0 Å². The van der Waals surface area contributed by atoms with Gasteiger partial charge in [-0.15, -0.1) is 11.3 Å². The molecule has 0 radical (unpaired) electrons. The molecule has 0 atom stereocenters. The van der Waals surface area contributed by atoms with E-state index >= 15 is 0 Å². The Balaban J connectivity index is 2.06. The van der Waals surface area contributed by atoms with Crippen molar-refractivity contribution in [2.75, 3.05) is 13.1 Å². The Morgan fingerprint density at radius 3 is 2.59 bits per heavy atom. The van der Waals surface area contributed by atoms with Crippen LogP contribution in [0.15, 0.2) is 41.8 Å². The summed E-state index contributed by atoms with van der Waals surface area (Å²) in [5.74, 6) is 0.188. The van der Waals surface area contributed by atoms with Crippen LogP contribution >= 0.6 is 11.3 Å². The molecule has 3 nitrogen and oxygen atoms in total. The lowest BCUT2D eigenvalue weighted by Crippen LogP contribution is -2.31. The van der Waals surface area contributed by atoms with Crippen molar-refractivity contribution in [3.8, 4) is 10.6 Å². The number of carbonyl (C=O) groups is 1. The number of rotatable bonds is 5. The molecule has 3 aromatic rings. The zero-order chi connectivity index (χ0) is 15.5. The minimum Gasteiger partial charge on any atom is -0.354 e. The molecule has 0 unspecified atom stereocenters. The number of hydrogen-bond acceptors (Lipinski definition) is 2. The fraction of sp³-hybridized carbons (Fsp3) is 0.278. The number of nitrogens with zero attached hydrogens (tertiary/aromatic N) is 1. The highest BCUT2D eigenvalue weighted by molar-refractivity contribution is 7.13. The summed E-state index contributed by atoms with van der Waals surface area (Å²) in [4.78, 5) is 19.1. The van der Waals surface area contributed by atoms with Crippen LogP contribution in [0, 0.1) is 0 Å². The lowest BCUT2D eigenvalue weighted by atomic mass is 10.1. The van der Waals surface area contributed by atoms with Crippen LogP contribution in [0.4, 0.5) is 0 Å². The Morgan fingerprint density at radius 2 is 1.91 bits per heavy atom. The molecule has 22 heavy (non-hydrogen) atoms. The Morgan fingerprint density at radius 1 is 1.14 bits per heavy atom. The molecule has 0 fully saturated rings. The van der Waals surface area contributed by atoms with Crippen molar-refractivity contribution < 1.29 is 4.79 Å². The number of aromatic amines is 1. The number of aromatic nitrogens is 1. The van der Waals surface area contributed by atoms with Gasteiger partial charge in [0.1, 0.15) is 0 Å². The molecule has 2 aromatic heterocycles. The first kappa shape index (κ1) is 14.9. The maximum atomic E-state index is 12.6. The third-order valence-corrected chi connectivity index (χ3v) is 4.91. The van der Waals surface area contributed by atoms with Crippen molar-refractivity contribution in [3.63, 3.8) is 0 Å². The minimum atomic E-state index is 0.188. The lowest BCUT2D eigenvalue weighted by molar-refractivity contribution is -0.130. The molecule has 114 valence electrons. The number of amides is 1. The second-order valence-corrected chi connectivity index (χ2v) is 6.19. The molecule has 2 heterocycles. The zero-order valence-electron chi connectivity index (χ0n) is 12.9. The Labute approximate surface area is 134 Å². The van der Waals surface area contributed by atoms with Crippen LogP contribution in [0.5, 0.6) is 0 Å². The molecule has 0 saturated heterocycles. The van der Waals surface area contributed by atoms with Crippen molar-refractivity contribution in [2.24, 2.45) is 0 Å². The van der Waals surface area contributed by atoms with Gasteiger partial charge < -0.3 is 9.88 Å². The summed E-state index contributed by atoms with van der Waals surface area (Å²) in [7, 11) is 0. The first-order valence-corrected chi connectivity index (χ1v) is 8.53. The van der Waals surface area contributed by atoms with Crippen LogP contribution in [-0.4, -0.2) is 28.9 Å². The third-order valence-electron chi connectivity index (χ3n) is 4.03. The topological polar surface area (TPSA) is 36.1 Å². The number of fused-ring (bicyclic) bond motifs is 1. The average molecular weight is 312 g/mol. The molecule has 1 amide bonds. The number of carbonyl (C=O) groups excluding carboxylic acids is 1. The molecule has 0 aliphatic rings. The van der Waals surface area contributed by atoms with E-state index in [9.17, 15) is 4.79 Å². The minimum absolute atomic E-state index is 0.188. The number of para-hydroxylation sites is 1. The fourth-order valence-corrected chi connectivity index (χ4v) is 3.61. The van der Waals surface area contributed by atoms with Gasteiger partial charge in [0, 0.05) is 24.0 Å². The van der Waals surface area contributed by atoms with Crippen LogP contribution in [0.25, 0.3) is 21.5 Å². The van der Waals surface area contributed by atoms with Crippen LogP contribution in [0.3, 0.4) is 0 Å². The van der Waals surface area contributed by atoms with E-state index in [1.807, 2.05) is 36.9 Å².